The lowest BCUT2D eigenvalue weighted by Gasteiger charge is -2.13. The summed E-state index contributed by atoms with van der Waals surface area (Å²) in [5.41, 5.74) is 1.62. The smallest absolute Gasteiger partial charge is 0.266 e. The van der Waals surface area contributed by atoms with E-state index in [0.717, 1.165) is 11.3 Å². The second-order valence-corrected chi connectivity index (χ2v) is 8.25. The molecule has 1 aliphatic rings. The normalized spacial score (nSPS) is 15.8. The Morgan fingerprint density at radius 3 is 2.79 bits per heavy atom. The summed E-state index contributed by atoms with van der Waals surface area (Å²) in [6, 6.07) is 12.8. The van der Waals surface area contributed by atoms with Gasteiger partial charge in [0.1, 0.15) is 11.6 Å². The van der Waals surface area contributed by atoms with Crippen molar-refractivity contribution in [3.05, 3.63) is 64.9 Å². The minimum Gasteiger partial charge on any atom is -0.480 e. The number of carbonyl (C=O) groups excluding carboxylic acids is 1. The molecule has 3 heterocycles. The summed E-state index contributed by atoms with van der Waals surface area (Å²) >= 11 is 6.04. The van der Waals surface area contributed by atoms with Gasteiger partial charge in [-0.1, -0.05) is 38.4 Å². The fourth-order valence-electron chi connectivity index (χ4n) is 3.06. The molecule has 1 aliphatic heterocycles. The molecule has 4 rings (SSSR count). The molecular weight excluding hydrogens is 376 g/mol. The molecule has 7 heteroatoms. The lowest BCUT2D eigenvalue weighted by atomic mass is 9.92. The number of carbonyl (C=O) groups is 1. The maximum Gasteiger partial charge on any atom is 0.266 e. The molecule has 1 N–H and O–H groups in total. The van der Waals surface area contributed by atoms with Gasteiger partial charge < -0.3 is 10.1 Å². The molecule has 1 aromatic carbocycles. The van der Waals surface area contributed by atoms with Crippen LogP contribution in [0.3, 0.4) is 0 Å². The molecule has 2 aromatic heterocycles. The highest BCUT2D eigenvalue weighted by Gasteiger charge is 2.31. The number of halogens is 1. The molecule has 6 nitrogen and oxygen atoms in total. The van der Waals surface area contributed by atoms with Crippen LogP contribution in [0, 0.1) is 0 Å². The summed E-state index contributed by atoms with van der Waals surface area (Å²) in [6.07, 6.45) is 1.56. The van der Waals surface area contributed by atoms with Gasteiger partial charge in [0.15, 0.2) is 11.9 Å². The number of amides is 1. The van der Waals surface area contributed by atoms with Crippen LogP contribution in [-0.2, 0) is 16.6 Å². The van der Waals surface area contributed by atoms with Gasteiger partial charge in [-0.05, 0) is 35.9 Å². The summed E-state index contributed by atoms with van der Waals surface area (Å²) in [7, 11) is 0. The number of pyridine rings is 1. The van der Waals surface area contributed by atoms with Crippen LogP contribution in [-0.4, -0.2) is 26.8 Å². The molecule has 0 fully saturated rings. The van der Waals surface area contributed by atoms with Crippen molar-refractivity contribution in [2.45, 2.75) is 38.7 Å². The van der Waals surface area contributed by atoms with Crippen molar-refractivity contribution >= 4 is 23.3 Å². The fourth-order valence-corrected chi connectivity index (χ4v) is 3.26. The number of nitrogens with zero attached hydrogens (tertiary/aromatic N) is 3. The zero-order chi connectivity index (χ0) is 19.9. The first-order valence-corrected chi connectivity index (χ1v) is 9.47. The Bertz CT molecular complexity index is 1020. The van der Waals surface area contributed by atoms with Gasteiger partial charge in [-0.2, -0.15) is 9.78 Å². The van der Waals surface area contributed by atoms with Crippen molar-refractivity contribution < 1.29 is 9.53 Å². The number of benzene rings is 1. The van der Waals surface area contributed by atoms with Crippen molar-refractivity contribution in [1.82, 2.24) is 14.8 Å². The van der Waals surface area contributed by atoms with Crippen LogP contribution in [0.25, 0.3) is 5.82 Å². The number of fused-ring (bicyclic) bond motifs is 1. The number of hydrogen-bond donors (Lipinski definition) is 1. The van der Waals surface area contributed by atoms with Gasteiger partial charge in [0, 0.05) is 29.1 Å². The maximum absolute atomic E-state index is 12.9. The molecule has 144 valence electrons. The fraction of sp³-hybridized carbons (Fsp3) is 0.286. The van der Waals surface area contributed by atoms with Crippen molar-refractivity contribution in [2.24, 2.45) is 0 Å². The van der Waals surface area contributed by atoms with E-state index in [9.17, 15) is 4.79 Å². The predicted octanol–water partition coefficient (Wildman–Crippen LogP) is 4.16. The predicted molar refractivity (Wildman–Crippen MR) is 108 cm³/mol. The van der Waals surface area contributed by atoms with E-state index in [-0.39, 0.29) is 11.3 Å². The Balaban J connectivity index is 1.61. The molecule has 1 atom stereocenters. The van der Waals surface area contributed by atoms with Crippen LogP contribution in [0.1, 0.15) is 32.0 Å². The third-order valence-corrected chi connectivity index (χ3v) is 4.82. The van der Waals surface area contributed by atoms with Crippen LogP contribution < -0.4 is 10.1 Å². The zero-order valence-corrected chi connectivity index (χ0v) is 16.7. The molecule has 0 bridgehead atoms. The number of ether oxygens (including phenoxy) is 1. The highest BCUT2D eigenvalue weighted by atomic mass is 35.5. The van der Waals surface area contributed by atoms with Crippen molar-refractivity contribution in [3.63, 3.8) is 0 Å². The molecule has 0 saturated heterocycles. The van der Waals surface area contributed by atoms with E-state index in [1.165, 1.54) is 0 Å². The minimum atomic E-state index is -0.612. The highest BCUT2D eigenvalue weighted by molar-refractivity contribution is 6.30. The van der Waals surface area contributed by atoms with E-state index in [0.29, 0.717) is 28.8 Å². The number of aromatic nitrogens is 3. The summed E-state index contributed by atoms with van der Waals surface area (Å²) in [5, 5.41) is 8.25. The average Bonchev–Trinajstić information content (AvgIpc) is 3.26. The van der Waals surface area contributed by atoms with Gasteiger partial charge in [0.2, 0.25) is 0 Å². The van der Waals surface area contributed by atoms with Gasteiger partial charge in [0.25, 0.3) is 5.91 Å². The molecule has 1 amide bonds. The molecule has 0 aliphatic carbocycles. The first kappa shape index (κ1) is 18.5. The van der Waals surface area contributed by atoms with Gasteiger partial charge in [-0.15, -0.1) is 0 Å². The van der Waals surface area contributed by atoms with Gasteiger partial charge in [-0.25, -0.2) is 4.98 Å². The summed E-state index contributed by atoms with van der Waals surface area (Å²) in [5.74, 6) is 1.66. The summed E-state index contributed by atoms with van der Waals surface area (Å²) in [4.78, 5) is 17.2. The van der Waals surface area contributed by atoms with Crippen LogP contribution in [0.4, 0.5) is 5.82 Å². The van der Waals surface area contributed by atoms with Crippen molar-refractivity contribution in [1.29, 1.82) is 0 Å². The number of rotatable bonds is 3. The maximum atomic E-state index is 12.9. The molecule has 1 unspecified atom stereocenters. The van der Waals surface area contributed by atoms with E-state index in [1.54, 1.807) is 23.0 Å². The Hall–Kier alpha value is -2.86. The Morgan fingerprint density at radius 2 is 2.07 bits per heavy atom. The first-order chi connectivity index (χ1) is 13.3. The number of anilines is 1. The van der Waals surface area contributed by atoms with E-state index in [4.69, 9.17) is 16.3 Å². The van der Waals surface area contributed by atoms with Gasteiger partial charge in [-0.3, -0.25) is 4.79 Å². The lowest BCUT2D eigenvalue weighted by Crippen LogP contribution is -2.32. The Labute approximate surface area is 168 Å². The topological polar surface area (TPSA) is 69.0 Å². The molecule has 3 aromatic rings. The molecular formula is C21H21ClN4O2. The van der Waals surface area contributed by atoms with Crippen molar-refractivity contribution in [2.75, 3.05) is 5.32 Å². The monoisotopic (exact) mass is 396 g/mol. The first-order valence-electron chi connectivity index (χ1n) is 9.09. The summed E-state index contributed by atoms with van der Waals surface area (Å²) in [6.45, 7) is 6.22. The van der Waals surface area contributed by atoms with Crippen LogP contribution >= 0.6 is 11.6 Å². The molecule has 0 spiro atoms. The van der Waals surface area contributed by atoms with Gasteiger partial charge in [0.05, 0.1) is 5.69 Å². The third kappa shape index (κ3) is 3.60. The zero-order valence-electron chi connectivity index (χ0n) is 15.9. The molecule has 0 saturated carbocycles. The van der Waals surface area contributed by atoms with Crippen LogP contribution in [0.15, 0.2) is 48.7 Å². The van der Waals surface area contributed by atoms with Crippen LogP contribution in [0.5, 0.6) is 5.75 Å². The second kappa shape index (κ2) is 6.95. The standard InChI is InChI=1S/C21H21ClN4O2/c1-21(2,3)17-12-19(26(25-17)18-6-4-5-9-23-18)24-20(27)16-11-13-10-14(22)7-8-15(13)28-16/h4-10,12,16H,11H2,1-3H3,(H,24,27). The highest BCUT2D eigenvalue weighted by Crippen LogP contribution is 2.32. The molecule has 28 heavy (non-hydrogen) atoms. The van der Waals surface area contributed by atoms with E-state index >= 15 is 0 Å². The number of nitrogens with one attached hydrogen (secondary N) is 1. The largest absolute Gasteiger partial charge is 0.480 e. The average molecular weight is 397 g/mol. The van der Waals surface area contributed by atoms with E-state index < -0.39 is 6.10 Å². The molecule has 0 radical (unpaired) electrons. The Morgan fingerprint density at radius 1 is 1.25 bits per heavy atom. The number of hydrogen-bond acceptors (Lipinski definition) is 4. The SMILES string of the molecule is CC(C)(C)c1cc(NC(=O)C2Cc3cc(Cl)ccc3O2)n(-c2ccccn2)n1. The lowest BCUT2D eigenvalue weighted by molar-refractivity contribution is -0.122. The quantitative estimate of drug-likeness (QED) is 0.721. The minimum absolute atomic E-state index is 0.170. The van der Waals surface area contributed by atoms with Crippen LogP contribution in [0.2, 0.25) is 5.02 Å². The van der Waals surface area contributed by atoms with Gasteiger partial charge >= 0.3 is 0 Å². The van der Waals surface area contributed by atoms with E-state index in [2.05, 4.69) is 36.2 Å². The van der Waals surface area contributed by atoms with E-state index in [1.807, 2.05) is 30.3 Å². The van der Waals surface area contributed by atoms with Crippen molar-refractivity contribution in [3.8, 4) is 11.6 Å². The second-order valence-electron chi connectivity index (χ2n) is 7.82. The third-order valence-electron chi connectivity index (χ3n) is 4.58. The summed E-state index contributed by atoms with van der Waals surface area (Å²) < 4.78 is 7.45. The Kier molecular flexibility index (Phi) is 4.59.